The summed E-state index contributed by atoms with van der Waals surface area (Å²) < 4.78 is 0. The zero-order valence-corrected chi connectivity index (χ0v) is 9.70. The number of nitrogens with zero attached hydrogens (tertiary/aromatic N) is 1. The molecule has 0 aliphatic carbocycles. The molecule has 6 heteroatoms. The predicted octanol–water partition coefficient (Wildman–Crippen LogP) is -0.890. The Morgan fingerprint density at radius 1 is 1.40 bits per heavy atom. The average Bonchev–Trinajstić information content (AvgIpc) is 2.25. The number of rotatable bonds is 4. The zero-order chi connectivity index (χ0) is 12.0. The summed E-state index contributed by atoms with van der Waals surface area (Å²) in [6, 6.07) is -0.795. The summed E-state index contributed by atoms with van der Waals surface area (Å²) in [5.41, 5.74) is 5.49. The molecule has 0 aromatic rings. The van der Waals surface area contributed by atoms with Crippen LogP contribution in [0.5, 0.6) is 0 Å². The first-order chi connectivity index (χ1) is 6.93. The monoisotopic (exact) mass is 216 g/mol. The molecule has 4 N–H and O–H groups in total. The minimum Gasteiger partial charge on any atom is -0.341 e. The highest BCUT2D eigenvalue weighted by molar-refractivity contribution is 5.96. The summed E-state index contributed by atoms with van der Waals surface area (Å²) in [6.45, 7) is 4.11. The standard InChI is InChI=1S/C9H20N4O2/c1-6(5-10)13(4)7(2)8(14)12-9(15)11-3/h6-7H,5,10H2,1-4H3,(H2,11,12,14,15). The first-order valence-electron chi connectivity index (χ1n) is 4.88. The molecule has 0 heterocycles. The Morgan fingerprint density at radius 2 is 1.93 bits per heavy atom. The van der Waals surface area contributed by atoms with E-state index in [1.807, 2.05) is 11.8 Å². The largest absolute Gasteiger partial charge is 0.341 e. The number of carbonyl (C=O) groups excluding carboxylic acids is 2. The number of urea groups is 1. The van der Waals surface area contributed by atoms with Gasteiger partial charge in [0, 0.05) is 19.6 Å². The molecule has 0 saturated heterocycles. The number of hydrogen-bond donors (Lipinski definition) is 3. The molecule has 0 fully saturated rings. The summed E-state index contributed by atoms with van der Waals surface area (Å²) >= 11 is 0. The Balaban J connectivity index is 4.25. The van der Waals surface area contributed by atoms with Gasteiger partial charge in [0.2, 0.25) is 5.91 Å². The summed E-state index contributed by atoms with van der Waals surface area (Å²) in [6.07, 6.45) is 0. The molecule has 0 saturated carbocycles. The Morgan fingerprint density at radius 3 is 2.33 bits per heavy atom. The SMILES string of the molecule is CNC(=O)NC(=O)C(C)N(C)C(C)CN. The smallest absolute Gasteiger partial charge is 0.321 e. The lowest BCUT2D eigenvalue weighted by molar-refractivity contribution is -0.124. The lowest BCUT2D eigenvalue weighted by Gasteiger charge is -2.28. The second-order valence-corrected chi connectivity index (χ2v) is 3.49. The molecule has 0 radical (unpaired) electrons. The molecule has 3 amide bonds. The molecule has 0 bridgehead atoms. The van der Waals surface area contributed by atoms with Gasteiger partial charge in [0.25, 0.3) is 0 Å². The number of carbonyl (C=O) groups is 2. The van der Waals surface area contributed by atoms with Crippen molar-refractivity contribution in [3.05, 3.63) is 0 Å². The minimum absolute atomic E-state index is 0.0930. The van der Waals surface area contributed by atoms with Crippen molar-refractivity contribution in [2.24, 2.45) is 5.73 Å². The molecule has 0 spiro atoms. The lowest BCUT2D eigenvalue weighted by Crippen LogP contribution is -2.51. The molecule has 88 valence electrons. The number of nitrogens with one attached hydrogen (secondary N) is 2. The maximum atomic E-state index is 11.5. The molecule has 0 aromatic heterocycles. The first kappa shape index (κ1) is 13.9. The van der Waals surface area contributed by atoms with Crippen molar-refractivity contribution in [2.75, 3.05) is 20.6 Å². The molecule has 0 aliphatic rings. The Kier molecular flexibility index (Phi) is 5.88. The van der Waals surface area contributed by atoms with Crippen molar-refractivity contribution >= 4 is 11.9 Å². The van der Waals surface area contributed by atoms with Crippen molar-refractivity contribution in [1.29, 1.82) is 0 Å². The fraction of sp³-hybridized carbons (Fsp3) is 0.778. The van der Waals surface area contributed by atoms with Crippen LogP contribution in [0.25, 0.3) is 0 Å². The highest BCUT2D eigenvalue weighted by atomic mass is 16.2. The number of nitrogens with two attached hydrogens (primary N) is 1. The van der Waals surface area contributed by atoms with Crippen molar-refractivity contribution in [3.63, 3.8) is 0 Å². The van der Waals surface area contributed by atoms with E-state index >= 15 is 0 Å². The lowest BCUT2D eigenvalue weighted by atomic mass is 10.2. The number of imide groups is 1. The molecule has 2 unspecified atom stereocenters. The zero-order valence-electron chi connectivity index (χ0n) is 9.70. The third-order valence-corrected chi connectivity index (χ3v) is 2.49. The normalized spacial score (nSPS) is 14.5. The van der Waals surface area contributed by atoms with Gasteiger partial charge < -0.3 is 11.1 Å². The van der Waals surface area contributed by atoms with Crippen molar-refractivity contribution < 1.29 is 9.59 Å². The molecule has 0 rings (SSSR count). The number of hydrogen-bond acceptors (Lipinski definition) is 4. The van der Waals surface area contributed by atoms with Gasteiger partial charge in [-0.2, -0.15) is 0 Å². The molecular weight excluding hydrogens is 196 g/mol. The average molecular weight is 216 g/mol. The second-order valence-electron chi connectivity index (χ2n) is 3.49. The van der Waals surface area contributed by atoms with Crippen LogP contribution < -0.4 is 16.4 Å². The Hall–Kier alpha value is -1.14. The quantitative estimate of drug-likeness (QED) is 0.569. The van der Waals surface area contributed by atoms with Crippen LogP contribution in [0.2, 0.25) is 0 Å². The van der Waals surface area contributed by atoms with E-state index in [0.29, 0.717) is 6.54 Å². The van der Waals surface area contributed by atoms with E-state index in [1.54, 1.807) is 14.0 Å². The Bertz CT molecular complexity index is 232. The maximum Gasteiger partial charge on any atom is 0.321 e. The summed E-state index contributed by atoms with van der Waals surface area (Å²) in [5.74, 6) is -0.336. The van der Waals surface area contributed by atoms with Gasteiger partial charge in [-0.05, 0) is 20.9 Å². The van der Waals surface area contributed by atoms with Crippen LogP contribution in [-0.4, -0.2) is 49.6 Å². The summed E-state index contributed by atoms with van der Waals surface area (Å²) in [4.78, 5) is 24.2. The first-order valence-corrected chi connectivity index (χ1v) is 4.88. The van der Waals surface area contributed by atoms with E-state index in [2.05, 4.69) is 10.6 Å². The fourth-order valence-electron chi connectivity index (χ4n) is 1.01. The third kappa shape index (κ3) is 4.26. The molecule has 0 aliphatic heterocycles. The van der Waals surface area contributed by atoms with Crippen LogP contribution in [0.1, 0.15) is 13.8 Å². The van der Waals surface area contributed by atoms with E-state index < -0.39 is 6.03 Å². The highest BCUT2D eigenvalue weighted by Crippen LogP contribution is 2.01. The predicted molar refractivity (Wildman–Crippen MR) is 58.3 cm³/mol. The van der Waals surface area contributed by atoms with Crippen molar-refractivity contribution in [3.8, 4) is 0 Å². The van der Waals surface area contributed by atoms with Gasteiger partial charge in [-0.1, -0.05) is 0 Å². The Labute approximate surface area is 90.2 Å². The van der Waals surface area contributed by atoms with Crippen LogP contribution in [-0.2, 0) is 4.79 Å². The van der Waals surface area contributed by atoms with Crippen LogP contribution in [0, 0.1) is 0 Å². The molecule has 6 nitrogen and oxygen atoms in total. The highest BCUT2D eigenvalue weighted by Gasteiger charge is 2.22. The topological polar surface area (TPSA) is 87.5 Å². The van der Waals surface area contributed by atoms with E-state index in [-0.39, 0.29) is 18.0 Å². The van der Waals surface area contributed by atoms with Crippen LogP contribution in [0.3, 0.4) is 0 Å². The van der Waals surface area contributed by atoms with Crippen molar-refractivity contribution in [1.82, 2.24) is 15.5 Å². The molecule has 15 heavy (non-hydrogen) atoms. The number of amides is 3. The molecule has 2 atom stereocenters. The van der Waals surface area contributed by atoms with Gasteiger partial charge in [-0.3, -0.25) is 15.0 Å². The van der Waals surface area contributed by atoms with Crippen molar-refractivity contribution in [2.45, 2.75) is 25.9 Å². The second kappa shape index (κ2) is 6.36. The third-order valence-electron chi connectivity index (χ3n) is 2.49. The summed E-state index contributed by atoms with van der Waals surface area (Å²) in [5, 5.41) is 4.54. The van der Waals surface area contributed by atoms with Gasteiger partial charge in [-0.15, -0.1) is 0 Å². The fourth-order valence-corrected chi connectivity index (χ4v) is 1.01. The van der Waals surface area contributed by atoms with Gasteiger partial charge in [-0.25, -0.2) is 4.79 Å². The molecular formula is C9H20N4O2. The van der Waals surface area contributed by atoms with Gasteiger partial charge >= 0.3 is 6.03 Å². The minimum atomic E-state index is -0.499. The van der Waals surface area contributed by atoms with Gasteiger partial charge in [0.15, 0.2) is 0 Å². The number of likely N-dealkylation sites (N-methyl/N-ethyl adjacent to an activating group) is 1. The van der Waals surface area contributed by atoms with Crippen LogP contribution in [0.4, 0.5) is 4.79 Å². The maximum absolute atomic E-state index is 11.5. The van der Waals surface area contributed by atoms with Gasteiger partial charge in [0.05, 0.1) is 6.04 Å². The van der Waals surface area contributed by atoms with E-state index in [1.165, 1.54) is 7.05 Å². The van der Waals surface area contributed by atoms with E-state index in [4.69, 9.17) is 5.73 Å². The van der Waals surface area contributed by atoms with E-state index in [9.17, 15) is 9.59 Å². The summed E-state index contributed by atoms with van der Waals surface area (Å²) in [7, 11) is 3.26. The van der Waals surface area contributed by atoms with E-state index in [0.717, 1.165) is 0 Å². The van der Waals surface area contributed by atoms with Crippen LogP contribution in [0.15, 0.2) is 0 Å². The van der Waals surface area contributed by atoms with Crippen LogP contribution >= 0.6 is 0 Å². The molecule has 0 aromatic carbocycles. The van der Waals surface area contributed by atoms with Gasteiger partial charge in [0.1, 0.15) is 0 Å².